The maximum Gasteiger partial charge on any atom is 0.354 e. The van der Waals surface area contributed by atoms with Gasteiger partial charge in [-0.1, -0.05) is 12.1 Å². The van der Waals surface area contributed by atoms with Crippen molar-refractivity contribution in [3.05, 3.63) is 71.2 Å². The van der Waals surface area contributed by atoms with E-state index < -0.39 is 5.97 Å². The Kier molecular flexibility index (Phi) is 3.82. The molecule has 0 aliphatic heterocycles. The van der Waals surface area contributed by atoms with E-state index in [0.29, 0.717) is 23.2 Å². The average Bonchev–Trinajstić information content (AvgIpc) is 2.92. The highest BCUT2D eigenvalue weighted by atomic mass is 19.1. The number of benzene rings is 2. The molecule has 0 N–H and O–H groups in total. The van der Waals surface area contributed by atoms with Crippen molar-refractivity contribution in [2.75, 3.05) is 7.11 Å². The zero-order valence-electron chi connectivity index (χ0n) is 12.4. The topological polar surface area (TPSA) is 55.0 Å². The Morgan fingerprint density at radius 1 is 1.26 bits per heavy atom. The molecule has 1 aromatic heterocycles. The van der Waals surface area contributed by atoms with Crippen molar-refractivity contribution in [1.29, 1.82) is 5.26 Å². The van der Waals surface area contributed by atoms with Crippen molar-refractivity contribution < 1.29 is 13.9 Å². The molecule has 0 saturated heterocycles. The van der Waals surface area contributed by atoms with Crippen LogP contribution in [0, 0.1) is 17.1 Å². The van der Waals surface area contributed by atoms with E-state index in [1.54, 1.807) is 34.9 Å². The molecule has 0 saturated carbocycles. The lowest BCUT2D eigenvalue weighted by atomic mass is 10.1. The summed E-state index contributed by atoms with van der Waals surface area (Å²) in [6.07, 6.45) is 0. The molecule has 0 unspecified atom stereocenters. The van der Waals surface area contributed by atoms with Crippen molar-refractivity contribution >= 4 is 16.9 Å². The molecule has 5 heteroatoms. The number of halogens is 1. The van der Waals surface area contributed by atoms with Crippen LogP contribution < -0.4 is 0 Å². The summed E-state index contributed by atoms with van der Waals surface area (Å²) < 4.78 is 20.0. The molecule has 2 aromatic carbocycles. The van der Waals surface area contributed by atoms with Gasteiger partial charge in [-0.15, -0.1) is 0 Å². The fraction of sp³-hybridized carbons (Fsp3) is 0.111. The normalized spacial score (nSPS) is 10.5. The quantitative estimate of drug-likeness (QED) is 0.696. The number of hydrogen-bond acceptors (Lipinski definition) is 3. The molecule has 0 amide bonds. The van der Waals surface area contributed by atoms with Gasteiger partial charge in [-0.3, -0.25) is 0 Å². The van der Waals surface area contributed by atoms with E-state index in [-0.39, 0.29) is 5.82 Å². The molecule has 0 aliphatic carbocycles. The minimum Gasteiger partial charge on any atom is -0.464 e. The maximum absolute atomic E-state index is 13.4. The van der Waals surface area contributed by atoms with Gasteiger partial charge in [0.05, 0.1) is 18.7 Å². The zero-order chi connectivity index (χ0) is 16.4. The van der Waals surface area contributed by atoms with Crippen LogP contribution >= 0.6 is 0 Å². The predicted octanol–water partition coefficient (Wildman–Crippen LogP) is 3.49. The van der Waals surface area contributed by atoms with E-state index in [9.17, 15) is 9.18 Å². The van der Waals surface area contributed by atoms with Crippen LogP contribution in [0.1, 0.15) is 21.6 Å². The monoisotopic (exact) mass is 308 g/mol. The molecule has 0 fully saturated rings. The minimum atomic E-state index is -0.488. The Morgan fingerprint density at radius 2 is 2.09 bits per heavy atom. The number of aromatic nitrogens is 1. The van der Waals surface area contributed by atoms with Crippen molar-refractivity contribution in [3.8, 4) is 6.07 Å². The van der Waals surface area contributed by atoms with Gasteiger partial charge in [0.1, 0.15) is 11.5 Å². The van der Waals surface area contributed by atoms with Gasteiger partial charge in [0.2, 0.25) is 0 Å². The van der Waals surface area contributed by atoms with E-state index >= 15 is 0 Å². The fourth-order valence-corrected chi connectivity index (χ4v) is 2.61. The number of rotatable bonds is 3. The number of methoxy groups -OCH3 is 1. The van der Waals surface area contributed by atoms with Crippen LogP contribution in [-0.4, -0.2) is 17.6 Å². The molecule has 3 rings (SSSR count). The Morgan fingerprint density at radius 3 is 2.83 bits per heavy atom. The van der Waals surface area contributed by atoms with Gasteiger partial charge in [-0.25, -0.2) is 9.18 Å². The van der Waals surface area contributed by atoms with Crippen molar-refractivity contribution in [2.24, 2.45) is 0 Å². The second-order valence-corrected chi connectivity index (χ2v) is 5.12. The van der Waals surface area contributed by atoms with Gasteiger partial charge in [-0.2, -0.15) is 5.26 Å². The second kappa shape index (κ2) is 5.93. The number of carbonyl (C=O) groups is 1. The number of nitriles is 1. The summed E-state index contributed by atoms with van der Waals surface area (Å²) in [4.78, 5) is 12.0. The van der Waals surface area contributed by atoms with Crippen molar-refractivity contribution in [3.63, 3.8) is 0 Å². The van der Waals surface area contributed by atoms with E-state index in [0.717, 1.165) is 11.1 Å². The number of esters is 1. The number of nitrogens with zero attached hydrogens (tertiary/aromatic N) is 2. The van der Waals surface area contributed by atoms with Crippen LogP contribution in [0.4, 0.5) is 4.39 Å². The van der Waals surface area contributed by atoms with E-state index in [2.05, 4.69) is 6.07 Å². The lowest BCUT2D eigenvalue weighted by Crippen LogP contribution is -2.11. The Bertz CT molecular complexity index is 938. The second-order valence-electron chi connectivity index (χ2n) is 5.12. The summed E-state index contributed by atoms with van der Waals surface area (Å²) in [5, 5.41) is 9.63. The molecule has 3 aromatic rings. The largest absolute Gasteiger partial charge is 0.464 e. The van der Waals surface area contributed by atoms with Crippen LogP contribution in [0.5, 0.6) is 0 Å². The van der Waals surface area contributed by atoms with Gasteiger partial charge < -0.3 is 9.30 Å². The molecular formula is C18H13FN2O2. The highest BCUT2D eigenvalue weighted by Gasteiger charge is 2.16. The Hall–Kier alpha value is -3.13. The number of carbonyl (C=O) groups excluding carboxylic acids is 1. The summed E-state index contributed by atoms with van der Waals surface area (Å²) >= 11 is 0. The summed E-state index contributed by atoms with van der Waals surface area (Å²) in [7, 11) is 1.31. The Labute approximate surface area is 132 Å². The van der Waals surface area contributed by atoms with Gasteiger partial charge in [0.25, 0.3) is 0 Å². The third kappa shape index (κ3) is 2.79. The summed E-state index contributed by atoms with van der Waals surface area (Å²) in [5.74, 6) is -0.851. The number of ether oxygens (including phenoxy) is 1. The lowest BCUT2D eigenvalue weighted by Gasteiger charge is -2.10. The summed E-state index contributed by atoms with van der Waals surface area (Å²) in [6.45, 7) is 0.384. The summed E-state index contributed by atoms with van der Waals surface area (Å²) in [5.41, 5.74) is 2.49. The van der Waals surface area contributed by atoms with Crippen molar-refractivity contribution in [1.82, 2.24) is 4.57 Å². The molecule has 0 radical (unpaired) electrons. The summed E-state index contributed by atoms with van der Waals surface area (Å²) in [6, 6.07) is 15.2. The first-order valence-corrected chi connectivity index (χ1v) is 6.98. The van der Waals surface area contributed by atoms with E-state index in [1.165, 1.54) is 19.2 Å². The van der Waals surface area contributed by atoms with Crippen LogP contribution in [0.3, 0.4) is 0 Å². The molecule has 23 heavy (non-hydrogen) atoms. The molecule has 0 bridgehead atoms. The van der Waals surface area contributed by atoms with Gasteiger partial charge >= 0.3 is 5.97 Å². The molecule has 0 aliphatic rings. The van der Waals surface area contributed by atoms with Gasteiger partial charge in [0.15, 0.2) is 0 Å². The smallest absolute Gasteiger partial charge is 0.354 e. The van der Waals surface area contributed by atoms with E-state index in [1.807, 2.05) is 6.07 Å². The third-order valence-corrected chi connectivity index (χ3v) is 3.65. The number of hydrogen-bond donors (Lipinski definition) is 0. The zero-order valence-corrected chi connectivity index (χ0v) is 12.4. The first kappa shape index (κ1) is 14.8. The van der Waals surface area contributed by atoms with Crippen LogP contribution in [0.15, 0.2) is 48.5 Å². The highest BCUT2D eigenvalue weighted by molar-refractivity contribution is 5.95. The highest BCUT2D eigenvalue weighted by Crippen LogP contribution is 2.23. The van der Waals surface area contributed by atoms with Crippen LogP contribution in [0.25, 0.3) is 10.9 Å². The SMILES string of the molecule is COC(=O)c1cc2cc(F)ccc2n1Cc1cccc(C#N)c1. The van der Waals surface area contributed by atoms with E-state index in [4.69, 9.17) is 10.00 Å². The van der Waals surface area contributed by atoms with Gasteiger partial charge in [0, 0.05) is 17.4 Å². The molecule has 0 spiro atoms. The minimum absolute atomic E-state index is 0.343. The molecule has 114 valence electrons. The average molecular weight is 308 g/mol. The molecule has 4 nitrogen and oxygen atoms in total. The Balaban J connectivity index is 2.14. The molecular weight excluding hydrogens is 295 g/mol. The first-order chi connectivity index (χ1) is 11.1. The molecule has 1 heterocycles. The van der Waals surface area contributed by atoms with Crippen LogP contribution in [0.2, 0.25) is 0 Å². The van der Waals surface area contributed by atoms with Gasteiger partial charge in [-0.05, 0) is 42.0 Å². The fourth-order valence-electron chi connectivity index (χ4n) is 2.61. The number of fused-ring (bicyclic) bond motifs is 1. The predicted molar refractivity (Wildman–Crippen MR) is 83.5 cm³/mol. The van der Waals surface area contributed by atoms with Crippen LogP contribution in [-0.2, 0) is 11.3 Å². The molecule has 0 atom stereocenters. The maximum atomic E-state index is 13.4. The lowest BCUT2D eigenvalue weighted by molar-refractivity contribution is 0.0589. The first-order valence-electron chi connectivity index (χ1n) is 6.98. The third-order valence-electron chi connectivity index (χ3n) is 3.65. The standard InChI is InChI=1S/C18H13FN2O2/c1-23-18(22)17-9-14-8-15(19)5-6-16(14)21(17)11-13-4-2-3-12(7-13)10-20/h2-9H,11H2,1H3. The van der Waals surface area contributed by atoms with Crippen molar-refractivity contribution in [2.45, 2.75) is 6.54 Å².